The number of hydrogen-bond donors (Lipinski definition) is 1. The summed E-state index contributed by atoms with van der Waals surface area (Å²) in [6.45, 7) is -0.454. The molecule has 18 heavy (non-hydrogen) atoms. The molecule has 0 fully saturated rings. The lowest BCUT2D eigenvalue weighted by atomic mass is 10.2. The maximum absolute atomic E-state index is 12.1. The zero-order valence-electron chi connectivity index (χ0n) is 8.98. The Hall–Kier alpha value is -2.12. The minimum Gasteiger partial charge on any atom is -0.478 e. The van der Waals surface area contributed by atoms with Crippen LogP contribution in [0.15, 0.2) is 18.2 Å². The van der Waals surface area contributed by atoms with E-state index in [1.165, 1.54) is 18.2 Å². The highest BCUT2D eigenvalue weighted by Crippen LogP contribution is 2.22. The number of carboxylic acids is 1. The number of alkyl halides is 3. The quantitative estimate of drug-likeness (QED) is 0.916. The van der Waals surface area contributed by atoms with Gasteiger partial charge in [0.15, 0.2) is 0 Å². The number of fused-ring (bicyclic) bond motifs is 1. The summed E-state index contributed by atoms with van der Waals surface area (Å²) in [5.41, 5.74) is 0.256. The summed E-state index contributed by atoms with van der Waals surface area (Å²) >= 11 is 0. The number of aryl methyl sites for hydroxylation is 1. The van der Waals surface area contributed by atoms with E-state index in [9.17, 15) is 18.0 Å². The molecule has 0 saturated heterocycles. The Kier molecular flexibility index (Phi) is 2.93. The van der Waals surface area contributed by atoms with E-state index in [2.05, 4.69) is 10.3 Å². The lowest BCUT2D eigenvalue weighted by Crippen LogP contribution is -2.14. The molecule has 1 aromatic carbocycles. The van der Waals surface area contributed by atoms with Gasteiger partial charge in [0.1, 0.15) is 11.0 Å². The molecular weight excluding hydrogens is 251 g/mol. The van der Waals surface area contributed by atoms with Crippen molar-refractivity contribution in [1.82, 2.24) is 15.0 Å². The van der Waals surface area contributed by atoms with Crippen molar-refractivity contribution in [2.45, 2.75) is 19.1 Å². The van der Waals surface area contributed by atoms with E-state index in [0.29, 0.717) is 0 Å². The lowest BCUT2D eigenvalue weighted by molar-refractivity contribution is -0.137. The summed E-state index contributed by atoms with van der Waals surface area (Å²) in [4.78, 5) is 11.0. The molecule has 1 N–H and O–H groups in total. The summed E-state index contributed by atoms with van der Waals surface area (Å²) < 4.78 is 37.4. The fourth-order valence-corrected chi connectivity index (χ4v) is 1.59. The van der Waals surface area contributed by atoms with Crippen LogP contribution in [-0.2, 0) is 6.54 Å². The number of halogens is 3. The van der Waals surface area contributed by atoms with Gasteiger partial charge in [-0.1, -0.05) is 11.3 Å². The van der Waals surface area contributed by atoms with Crippen LogP contribution in [-0.4, -0.2) is 32.2 Å². The van der Waals surface area contributed by atoms with E-state index < -0.39 is 25.1 Å². The van der Waals surface area contributed by atoms with Gasteiger partial charge in [-0.25, -0.2) is 9.48 Å². The molecule has 2 aromatic rings. The summed E-state index contributed by atoms with van der Waals surface area (Å²) in [6.07, 6.45) is -5.41. The van der Waals surface area contributed by atoms with Crippen LogP contribution in [0.1, 0.15) is 16.8 Å². The van der Waals surface area contributed by atoms with Crippen molar-refractivity contribution in [1.29, 1.82) is 0 Å². The molecule has 8 heteroatoms. The third-order valence-corrected chi connectivity index (χ3v) is 2.37. The van der Waals surface area contributed by atoms with Gasteiger partial charge in [-0.05, 0) is 12.1 Å². The zero-order valence-corrected chi connectivity index (χ0v) is 8.98. The van der Waals surface area contributed by atoms with Crippen LogP contribution in [0.2, 0.25) is 0 Å². The molecule has 0 spiro atoms. The van der Waals surface area contributed by atoms with Gasteiger partial charge in [-0.2, -0.15) is 13.2 Å². The first-order chi connectivity index (χ1) is 8.38. The molecule has 0 radical (unpaired) electrons. The topological polar surface area (TPSA) is 68.0 Å². The van der Waals surface area contributed by atoms with Crippen molar-refractivity contribution < 1.29 is 23.1 Å². The Bertz CT molecular complexity index is 592. The second-order valence-corrected chi connectivity index (χ2v) is 3.66. The molecule has 0 aliphatic carbocycles. The summed E-state index contributed by atoms with van der Waals surface area (Å²) in [5, 5.41) is 16.2. The number of nitrogens with zero attached hydrogens (tertiary/aromatic N) is 3. The first kappa shape index (κ1) is 12.3. The number of carboxylic acid groups (broad SMARTS) is 1. The van der Waals surface area contributed by atoms with Gasteiger partial charge in [-0.15, -0.1) is 5.10 Å². The van der Waals surface area contributed by atoms with Crippen molar-refractivity contribution >= 4 is 17.0 Å². The van der Waals surface area contributed by atoms with Crippen LogP contribution in [0.25, 0.3) is 11.0 Å². The largest absolute Gasteiger partial charge is 0.478 e. The highest BCUT2D eigenvalue weighted by atomic mass is 19.4. The van der Waals surface area contributed by atoms with Gasteiger partial charge in [0.2, 0.25) is 0 Å². The van der Waals surface area contributed by atoms with E-state index in [1.54, 1.807) is 0 Å². The van der Waals surface area contributed by atoms with Gasteiger partial charge in [0.05, 0.1) is 18.5 Å². The number of para-hydroxylation sites is 1. The minimum atomic E-state index is -4.32. The third-order valence-electron chi connectivity index (χ3n) is 2.37. The molecule has 0 bridgehead atoms. The number of rotatable bonds is 3. The highest BCUT2D eigenvalue weighted by molar-refractivity contribution is 6.00. The molecule has 5 nitrogen and oxygen atoms in total. The zero-order chi connectivity index (χ0) is 13.3. The predicted molar refractivity (Wildman–Crippen MR) is 55.2 cm³/mol. The fraction of sp³-hybridized carbons (Fsp3) is 0.300. The number of carbonyl (C=O) groups is 1. The van der Waals surface area contributed by atoms with Crippen molar-refractivity contribution in [2.24, 2.45) is 0 Å². The smallest absolute Gasteiger partial charge is 0.390 e. The molecule has 96 valence electrons. The Morgan fingerprint density at radius 2 is 2.11 bits per heavy atom. The first-order valence-electron chi connectivity index (χ1n) is 5.01. The van der Waals surface area contributed by atoms with E-state index in [0.717, 1.165) is 4.68 Å². The number of aromatic carboxylic acids is 1. The van der Waals surface area contributed by atoms with Crippen molar-refractivity contribution in [3.05, 3.63) is 23.8 Å². The molecule has 0 unspecified atom stereocenters. The van der Waals surface area contributed by atoms with Crippen LogP contribution in [0.3, 0.4) is 0 Å². The van der Waals surface area contributed by atoms with Crippen LogP contribution in [0.5, 0.6) is 0 Å². The first-order valence-corrected chi connectivity index (χ1v) is 5.01. The molecule has 0 atom stereocenters. The summed E-state index contributed by atoms with van der Waals surface area (Å²) in [7, 11) is 0. The van der Waals surface area contributed by atoms with Crippen molar-refractivity contribution in [3.63, 3.8) is 0 Å². The molecule has 0 aliphatic heterocycles. The van der Waals surface area contributed by atoms with Crippen LogP contribution < -0.4 is 0 Å². The second kappa shape index (κ2) is 4.28. The van der Waals surface area contributed by atoms with Crippen molar-refractivity contribution in [3.8, 4) is 0 Å². The lowest BCUT2D eigenvalue weighted by Gasteiger charge is -2.07. The monoisotopic (exact) mass is 259 g/mol. The van der Waals surface area contributed by atoms with E-state index in [4.69, 9.17) is 5.11 Å². The van der Waals surface area contributed by atoms with Crippen molar-refractivity contribution in [2.75, 3.05) is 0 Å². The maximum Gasteiger partial charge on any atom is 0.390 e. The molecule has 1 aromatic heterocycles. The summed E-state index contributed by atoms with van der Waals surface area (Å²) in [6, 6.07) is 4.27. The van der Waals surface area contributed by atoms with Crippen LogP contribution in [0.4, 0.5) is 13.2 Å². The van der Waals surface area contributed by atoms with Crippen LogP contribution >= 0.6 is 0 Å². The van der Waals surface area contributed by atoms with E-state index >= 15 is 0 Å². The van der Waals surface area contributed by atoms with Gasteiger partial charge < -0.3 is 5.11 Å². The van der Waals surface area contributed by atoms with E-state index in [-0.39, 0.29) is 16.6 Å². The van der Waals surface area contributed by atoms with E-state index in [1.807, 2.05) is 0 Å². The average Bonchev–Trinajstić information content (AvgIpc) is 2.68. The molecule has 0 aliphatic rings. The Morgan fingerprint density at radius 1 is 1.39 bits per heavy atom. The van der Waals surface area contributed by atoms with Gasteiger partial charge in [0.25, 0.3) is 0 Å². The molecule has 1 heterocycles. The Labute approximate surface area is 98.8 Å². The predicted octanol–water partition coefficient (Wildman–Crippen LogP) is 2.08. The molecule has 0 saturated carbocycles. The molecular formula is C10H8F3N3O2. The fourth-order valence-electron chi connectivity index (χ4n) is 1.59. The average molecular weight is 259 g/mol. The van der Waals surface area contributed by atoms with Crippen LogP contribution in [0, 0.1) is 0 Å². The van der Waals surface area contributed by atoms with Gasteiger partial charge in [0, 0.05) is 0 Å². The molecule has 2 rings (SSSR count). The number of benzene rings is 1. The highest BCUT2D eigenvalue weighted by Gasteiger charge is 2.27. The van der Waals surface area contributed by atoms with Gasteiger partial charge >= 0.3 is 12.1 Å². The molecule has 0 amide bonds. The number of aromatic nitrogens is 3. The number of hydrogen-bond acceptors (Lipinski definition) is 3. The Balaban J connectivity index is 2.42. The third kappa shape index (κ3) is 2.41. The summed E-state index contributed by atoms with van der Waals surface area (Å²) in [5.74, 6) is -1.23. The van der Waals surface area contributed by atoms with Gasteiger partial charge in [-0.3, -0.25) is 0 Å². The normalized spacial score (nSPS) is 11.9. The second-order valence-electron chi connectivity index (χ2n) is 3.66. The minimum absolute atomic E-state index is 0.106. The standard InChI is InChI=1S/C10H8F3N3O2/c11-10(12,13)4-5-16-8-6(9(17)18)2-1-3-7(8)14-15-16/h1-3H,4-5H2,(H,17,18). The Morgan fingerprint density at radius 3 is 2.72 bits per heavy atom. The maximum atomic E-state index is 12.1. The SMILES string of the molecule is O=C(O)c1cccc2nnn(CCC(F)(F)F)c12.